The van der Waals surface area contributed by atoms with Crippen molar-refractivity contribution in [2.24, 2.45) is 0 Å². The summed E-state index contributed by atoms with van der Waals surface area (Å²) in [5.41, 5.74) is 0. The topological polar surface area (TPSA) is 18.5 Å². The van der Waals surface area contributed by atoms with Crippen LogP contribution in [-0.4, -0.2) is 22.5 Å². The monoisotopic (exact) mass is 400 g/mol. The first-order valence-corrected chi connectivity index (χ1v) is 14.3. The van der Waals surface area contributed by atoms with Gasteiger partial charge in [0, 0.05) is 13.2 Å². The fourth-order valence-corrected chi connectivity index (χ4v) is 5.59. The third kappa shape index (κ3) is 22.3. The van der Waals surface area contributed by atoms with E-state index in [0.717, 1.165) is 13.2 Å². The van der Waals surface area contributed by atoms with E-state index in [1.54, 1.807) is 0 Å². The van der Waals surface area contributed by atoms with Gasteiger partial charge in [0.2, 0.25) is 0 Å². The summed E-state index contributed by atoms with van der Waals surface area (Å²) >= 11 is 0. The van der Waals surface area contributed by atoms with E-state index < -0.39 is 9.28 Å². The Morgan fingerprint density at radius 3 is 1.00 bits per heavy atom. The van der Waals surface area contributed by atoms with Crippen LogP contribution in [0.25, 0.3) is 0 Å². The van der Waals surface area contributed by atoms with E-state index in [1.165, 1.54) is 122 Å². The Labute approximate surface area is 174 Å². The molecule has 0 N–H and O–H groups in total. The molecule has 0 aromatic heterocycles. The van der Waals surface area contributed by atoms with Gasteiger partial charge in [-0.15, -0.1) is 0 Å². The Kier molecular flexibility index (Phi) is 24.3. The third-order valence-electron chi connectivity index (χ3n) is 5.50. The van der Waals surface area contributed by atoms with Crippen LogP contribution >= 0.6 is 0 Å². The molecule has 0 aromatic carbocycles. The van der Waals surface area contributed by atoms with Crippen molar-refractivity contribution < 1.29 is 8.85 Å². The molecule has 0 aromatic rings. The van der Waals surface area contributed by atoms with Crippen LogP contribution in [0.5, 0.6) is 0 Å². The van der Waals surface area contributed by atoms with E-state index in [4.69, 9.17) is 8.85 Å². The van der Waals surface area contributed by atoms with Gasteiger partial charge in [-0.2, -0.15) is 0 Å². The van der Waals surface area contributed by atoms with Crippen molar-refractivity contribution in [2.75, 3.05) is 13.2 Å². The van der Waals surface area contributed by atoms with Gasteiger partial charge in [0.1, 0.15) is 0 Å². The van der Waals surface area contributed by atoms with Crippen molar-refractivity contribution >= 4 is 9.28 Å². The number of unbranched alkanes of at least 4 members (excludes halogenated alkanes) is 17. The standard InChI is InChI=1S/C24H52O2Si/c1-4-7-8-9-10-11-12-13-14-15-16-17-18-19-20-21-22-23-24-27(25-5-2)26-6-3/h27H,4-24H2,1-3H3. The minimum absolute atomic E-state index is 0.815. The van der Waals surface area contributed by atoms with Gasteiger partial charge in [-0.1, -0.05) is 122 Å². The lowest BCUT2D eigenvalue weighted by molar-refractivity contribution is 0.212. The smallest absolute Gasteiger partial charge is 0.321 e. The highest BCUT2D eigenvalue weighted by Gasteiger charge is 2.10. The van der Waals surface area contributed by atoms with Crippen LogP contribution in [0.4, 0.5) is 0 Å². The van der Waals surface area contributed by atoms with E-state index in [1.807, 2.05) is 0 Å². The van der Waals surface area contributed by atoms with Gasteiger partial charge in [0.05, 0.1) is 0 Å². The molecule has 0 spiro atoms. The first kappa shape index (κ1) is 27.1. The van der Waals surface area contributed by atoms with Gasteiger partial charge in [-0.3, -0.25) is 0 Å². The van der Waals surface area contributed by atoms with Crippen LogP contribution < -0.4 is 0 Å². The fraction of sp³-hybridized carbons (Fsp3) is 1.00. The molecule has 0 fully saturated rings. The van der Waals surface area contributed by atoms with E-state index in [2.05, 4.69) is 20.8 Å². The summed E-state index contributed by atoms with van der Waals surface area (Å²) in [4.78, 5) is 0. The molecule has 3 heteroatoms. The molecule has 0 radical (unpaired) electrons. The molecular formula is C24H52O2Si. The van der Waals surface area contributed by atoms with Crippen molar-refractivity contribution in [2.45, 2.75) is 142 Å². The molecule has 0 heterocycles. The average Bonchev–Trinajstić information content (AvgIpc) is 2.67. The minimum Gasteiger partial charge on any atom is -0.397 e. The van der Waals surface area contributed by atoms with Crippen molar-refractivity contribution in [3.63, 3.8) is 0 Å². The molecule has 0 saturated carbocycles. The van der Waals surface area contributed by atoms with Gasteiger partial charge >= 0.3 is 9.28 Å². The number of rotatable bonds is 23. The van der Waals surface area contributed by atoms with E-state index in [-0.39, 0.29) is 0 Å². The van der Waals surface area contributed by atoms with Crippen molar-refractivity contribution in [1.82, 2.24) is 0 Å². The van der Waals surface area contributed by atoms with Crippen LogP contribution in [0.3, 0.4) is 0 Å². The quantitative estimate of drug-likeness (QED) is 0.127. The zero-order valence-corrected chi connectivity index (χ0v) is 20.4. The Balaban J connectivity index is 3.12. The van der Waals surface area contributed by atoms with Crippen LogP contribution in [0, 0.1) is 0 Å². The molecule has 0 aliphatic heterocycles. The van der Waals surface area contributed by atoms with Gasteiger partial charge < -0.3 is 8.85 Å². The van der Waals surface area contributed by atoms with Gasteiger partial charge in [0.15, 0.2) is 0 Å². The fourth-order valence-electron chi connectivity index (χ4n) is 3.80. The molecule has 0 amide bonds. The zero-order chi connectivity index (χ0) is 19.8. The number of hydrogen-bond acceptors (Lipinski definition) is 2. The van der Waals surface area contributed by atoms with Gasteiger partial charge in [-0.05, 0) is 19.9 Å². The van der Waals surface area contributed by atoms with Crippen LogP contribution in [-0.2, 0) is 8.85 Å². The third-order valence-corrected chi connectivity index (χ3v) is 7.79. The normalized spacial score (nSPS) is 11.6. The second kappa shape index (κ2) is 24.2. The van der Waals surface area contributed by atoms with Gasteiger partial charge in [-0.25, -0.2) is 0 Å². The summed E-state index contributed by atoms with van der Waals surface area (Å²) < 4.78 is 11.5. The van der Waals surface area contributed by atoms with Crippen LogP contribution in [0.2, 0.25) is 6.04 Å². The first-order chi connectivity index (χ1) is 13.3. The minimum atomic E-state index is -1.33. The highest BCUT2D eigenvalue weighted by atomic mass is 28.3. The molecule has 0 aliphatic rings. The first-order valence-electron chi connectivity index (χ1n) is 12.6. The summed E-state index contributed by atoms with van der Waals surface area (Å²) in [5.74, 6) is 0. The number of hydrogen-bond donors (Lipinski definition) is 0. The largest absolute Gasteiger partial charge is 0.397 e. The van der Waals surface area contributed by atoms with E-state index in [9.17, 15) is 0 Å². The maximum Gasteiger partial charge on any atom is 0.321 e. The van der Waals surface area contributed by atoms with E-state index in [0.29, 0.717) is 0 Å². The maximum atomic E-state index is 5.73. The molecule has 0 aliphatic carbocycles. The molecule has 0 unspecified atom stereocenters. The summed E-state index contributed by atoms with van der Waals surface area (Å²) in [6.07, 6.45) is 25.9. The molecule has 0 rings (SSSR count). The molecule has 2 nitrogen and oxygen atoms in total. The maximum absolute atomic E-state index is 5.73. The van der Waals surface area contributed by atoms with Crippen molar-refractivity contribution in [3.8, 4) is 0 Å². The highest BCUT2D eigenvalue weighted by molar-refractivity contribution is 6.44. The van der Waals surface area contributed by atoms with Crippen LogP contribution in [0.15, 0.2) is 0 Å². The molecule has 27 heavy (non-hydrogen) atoms. The molecule has 0 saturated heterocycles. The Hall–Kier alpha value is 0.137. The zero-order valence-electron chi connectivity index (χ0n) is 19.2. The molecule has 0 bridgehead atoms. The predicted octanol–water partition coefficient (Wildman–Crippen LogP) is 8.32. The Morgan fingerprint density at radius 1 is 0.407 bits per heavy atom. The summed E-state index contributed by atoms with van der Waals surface area (Å²) in [5, 5.41) is 0. The highest BCUT2D eigenvalue weighted by Crippen LogP contribution is 2.15. The summed E-state index contributed by atoms with van der Waals surface area (Å²) in [6.45, 7) is 8.08. The summed E-state index contributed by atoms with van der Waals surface area (Å²) in [7, 11) is -1.33. The Morgan fingerprint density at radius 2 is 0.704 bits per heavy atom. The molecule has 164 valence electrons. The van der Waals surface area contributed by atoms with Crippen molar-refractivity contribution in [3.05, 3.63) is 0 Å². The second-order valence-electron chi connectivity index (χ2n) is 8.14. The van der Waals surface area contributed by atoms with Crippen LogP contribution in [0.1, 0.15) is 136 Å². The Bertz CT molecular complexity index is 255. The SMILES string of the molecule is CCCCCCCCCCCCCCCCCCCC[SiH](OCC)OCC. The second-order valence-corrected chi connectivity index (χ2v) is 10.2. The lowest BCUT2D eigenvalue weighted by atomic mass is 10.0. The molecular weight excluding hydrogens is 348 g/mol. The lowest BCUT2D eigenvalue weighted by Gasteiger charge is -2.14. The average molecular weight is 401 g/mol. The van der Waals surface area contributed by atoms with E-state index >= 15 is 0 Å². The van der Waals surface area contributed by atoms with Gasteiger partial charge in [0.25, 0.3) is 0 Å². The van der Waals surface area contributed by atoms with Crippen molar-refractivity contribution in [1.29, 1.82) is 0 Å². The summed E-state index contributed by atoms with van der Waals surface area (Å²) in [6, 6.07) is 1.19. The lowest BCUT2D eigenvalue weighted by Crippen LogP contribution is -2.22. The molecule has 0 atom stereocenters. The predicted molar refractivity (Wildman–Crippen MR) is 124 cm³/mol.